The summed E-state index contributed by atoms with van der Waals surface area (Å²) in [4.78, 5) is 8.16. The fraction of sp³-hybridized carbons (Fsp3) is 0.636. The van der Waals surface area contributed by atoms with Crippen molar-refractivity contribution < 1.29 is 9.84 Å². The molecule has 1 atom stereocenters. The van der Waals surface area contributed by atoms with E-state index >= 15 is 0 Å². The summed E-state index contributed by atoms with van der Waals surface area (Å²) in [5, 5.41) is 12.5. The van der Waals surface area contributed by atoms with E-state index in [2.05, 4.69) is 15.3 Å². The Labute approximate surface area is 95.9 Å². The lowest BCUT2D eigenvalue weighted by atomic mass is 10.00. The number of aromatic nitrogens is 2. The average Bonchev–Trinajstić information content (AvgIpc) is 2.32. The SMILES string of the molecule is CCC(C)(CO)Nc1ncnc(OC)c1C. The van der Waals surface area contributed by atoms with Crippen molar-refractivity contribution in [2.75, 3.05) is 19.0 Å². The van der Waals surface area contributed by atoms with E-state index in [0.29, 0.717) is 11.7 Å². The van der Waals surface area contributed by atoms with Crippen molar-refractivity contribution in [1.29, 1.82) is 0 Å². The van der Waals surface area contributed by atoms with E-state index in [-0.39, 0.29) is 12.1 Å². The highest BCUT2D eigenvalue weighted by Crippen LogP contribution is 2.24. The van der Waals surface area contributed by atoms with Crippen molar-refractivity contribution in [3.8, 4) is 5.88 Å². The van der Waals surface area contributed by atoms with Crippen LogP contribution in [0.25, 0.3) is 0 Å². The summed E-state index contributed by atoms with van der Waals surface area (Å²) in [7, 11) is 1.57. The van der Waals surface area contributed by atoms with Crippen LogP contribution in [-0.4, -0.2) is 34.3 Å². The fourth-order valence-corrected chi connectivity index (χ4v) is 1.29. The molecule has 0 aliphatic rings. The van der Waals surface area contributed by atoms with E-state index in [0.717, 1.165) is 12.0 Å². The minimum absolute atomic E-state index is 0.0509. The summed E-state index contributed by atoms with van der Waals surface area (Å²) >= 11 is 0. The van der Waals surface area contributed by atoms with Crippen LogP contribution in [0, 0.1) is 6.92 Å². The lowest BCUT2D eigenvalue weighted by Gasteiger charge is -2.28. The molecular formula is C11H19N3O2. The van der Waals surface area contributed by atoms with Crippen molar-refractivity contribution >= 4 is 5.82 Å². The first kappa shape index (κ1) is 12.7. The zero-order chi connectivity index (χ0) is 12.2. The summed E-state index contributed by atoms with van der Waals surface area (Å²) in [6, 6.07) is 0. The van der Waals surface area contributed by atoms with Crippen molar-refractivity contribution in [1.82, 2.24) is 9.97 Å². The minimum atomic E-state index is -0.371. The standard InChI is InChI=1S/C11H19N3O2/c1-5-11(3,6-15)14-9-8(2)10(16-4)13-7-12-9/h7,15H,5-6H2,1-4H3,(H,12,13,14). The maximum absolute atomic E-state index is 9.33. The molecule has 5 nitrogen and oxygen atoms in total. The molecule has 1 rings (SSSR count). The van der Waals surface area contributed by atoms with Crippen molar-refractivity contribution in [3.63, 3.8) is 0 Å². The molecule has 5 heteroatoms. The van der Waals surface area contributed by atoms with Gasteiger partial charge in [0, 0.05) is 0 Å². The first-order valence-electron chi connectivity index (χ1n) is 5.31. The molecule has 0 fully saturated rings. The third-order valence-corrected chi connectivity index (χ3v) is 2.78. The Bertz CT molecular complexity index is 351. The van der Waals surface area contributed by atoms with Gasteiger partial charge in [-0.2, -0.15) is 0 Å². The molecular weight excluding hydrogens is 206 g/mol. The van der Waals surface area contributed by atoms with E-state index in [4.69, 9.17) is 4.74 Å². The third kappa shape index (κ3) is 2.61. The van der Waals surface area contributed by atoms with Gasteiger partial charge in [0.05, 0.1) is 24.8 Å². The fourth-order valence-electron chi connectivity index (χ4n) is 1.29. The molecule has 1 heterocycles. The van der Waals surface area contributed by atoms with Gasteiger partial charge in [0.1, 0.15) is 12.1 Å². The maximum Gasteiger partial charge on any atom is 0.221 e. The van der Waals surface area contributed by atoms with Gasteiger partial charge in [0.25, 0.3) is 0 Å². The maximum atomic E-state index is 9.33. The molecule has 0 saturated carbocycles. The van der Waals surface area contributed by atoms with Crippen LogP contribution in [0.2, 0.25) is 0 Å². The van der Waals surface area contributed by atoms with Gasteiger partial charge in [0.15, 0.2) is 0 Å². The second kappa shape index (κ2) is 5.12. The van der Waals surface area contributed by atoms with Crippen LogP contribution in [0.1, 0.15) is 25.8 Å². The zero-order valence-electron chi connectivity index (χ0n) is 10.2. The summed E-state index contributed by atoms with van der Waals surface area (Å²) < 4.78 is 5.11. The second-order valence-electron chi connectivity index (χ2n) is 4.05. The van der Waals surface area contributed by atoms with Crippen LogP contribution in [0.15, 0.2) is 6.33 Å². The summed E-state index contributed by atoms with van der Waals surface area (Å²) in [5.74, 6) is 1.25. The smallest absolute Gasteiger partial charge is 0.221 e. The van der Waals surface area contributed by atoms with Gasteiger partial charge in [-0.05, 0) is 20.3 Å². The molecule has 0 aliphatic carbocycles. The first-order valence-corrected chi connectivity index (χ1v) is 5.31. The largest absolute Gasteiger partial charge is 0.481 e. The normalized spacial score (nSPS) is 14.3. The lowest BCUT2D eigenvalue weighted by Crippen LogP contribution is -2.38. The van der Waals surface area contributed by atoms with Gasteiger partial charge in [-0.3, -0.25) is 0 Å². The predicted octanol–water partition coefficient (Wildman–Crippen LogP) is 1.37. The van der Waals surface area contributed by atoms with E-state index in [1.54, 1.807) is 7.11 Å². The number of rotatable bonds is 5. The summed E-state index contributed by atoms with van der Waals surface area (Å²) in [5.41, 5.74) is 0.475. The quantitative estimate of drug-likeness (QED) is 0.792. The van der Waals surface area contributed by atoms with Gasteiger partial charge in [-0.15, -0.1) is 0 Å². The number of ether oxygens (including phenoxy) is 1. The summed E-state index contributed by atoms with van der Waals surface area (Å²) in [6.07, 6.45) is 2.25. The number of hydrogen-bond acceptors (Lipinski definition) is 5. The van der Waals surface area contributed by atoms with Gasteiger partial charge in [-0.25, -0.2) is 9.97 Å². The molecule has 1 aromatic heterocycles. The first-order chi connectivity index (χ1) is 7.56. The number of anilines is 1. The Morgan fingerprint density at radius 1 is 1.50 bits per heavy atom. The average molecular weight is 225 g/mol. The molecule has 0 aromatic carbocycles. The molecule has 0 saturated heterocycles. The highest BCUT2D eigenvalue weighted by Gasteiger charge is 2.22. The van der Waals surface area contributed by atoms with Gasteiger partial charge < -0.3 is 15.2 Å². The molecule has 2 N–H and O–H groups in total. The molecule has 90 valence electrons. The van der Waals surface area contributed by atoms with Crippen molar-refractivity contribution in [2.24, 2.45) is 0 Å². The molecule has 0 bridgehead atoms. The Hall–Kier alpha value is -1.36. The molecule has 16 heavy (non-hydrogen) atoms. The topological polar surface area (TPSA) is 67.3 Å². The van der Waals surface area contributed by atoms with E-state index in [1.807, 2.05) is 20.8 Å². The van der Waals surface area contributed by atoms with Crippen LogP contribution in [0.5, 0.6) is 5.88 Å². The lowest BCUT2D eigenvalue weighted by molar-refractivity contribution is 0.218. The monoisotopic (exact) mass is 225 g/mol. The molecule has 1 unspecified atom stereocenters. The Morgan fingerprint density at radius 2 is 2.19 bits per heavy atom. The zero-order valence-corrected chi connectivity index (χ0v) is 10.2. The van der Waals surface area contributed by atoms with Crippen LogP contribution in [0.4, 0.5) is 5.82 Å². The van der Waals surface area contributed by atoms with E-state index < -0.39 is 0 Å². The van der Waals surface area contributed by atoms with Gasteiger partial charge >= 0.3 is 0 Å². The third-order valence-electron chi connectivity index (χ3n) is 2.78. The number of hydrogen-bond donors (Lipinski definition) is 2. The number of methoxy groups -OCH3 is 1. The number of aliphatic hydroxyl groups is 1. The summed E-state index contributed by atoms with van der Waals surface area (Å²) in [6.45, 7) is 5.89. The molecule has 0 spiro atoms. The highest BCUT2D eigenvalue weighted by molar-refractivity contribution is 5.49. The van der Waals surface area contributed by atoms with Crippen molar-refractivity contribution in [2.45, 2.75) is 32.7 Å². The van der Waals surface area contributed by atoms with Crippen LogP contribution in [0.3, 0.4) is 0 Å². The Kier molecular flexibility index (Phi) is 4.06. The van der Waals surface area contributed by atoms with Crippen LogP contribution in [-0.2, 0) is 0 Å². The molecule has 0 radical (unpaired) electrons. The van der Waals surface area contributed by atoms with Crippen molar-refractivity contribution in [3.05, 3.63) is 11.9 Å². The predicted molar refractivity (Wildman–Crippen MR) is 62.7 cm³/mol. The number of nitrogens with one attached hydrogen (secondary N) is 1. The Morgan fingerprint density at radius 3 is 2.69 bits per heavy atom. The minimum Gasteiger partial charge on any atom is -0.481 e. The van der Waals surface area contributed by atoms with Gasteiger partial charge in [-0.1, -0.05) is 6.92 Å². The molecule has 1 aromatic rings. The number of aliphatic hydroxyl groups excluding tert-OH is 1. The molecule has 0 amide bonds. The van der Waals surface area contributed by atoms with E-state index in [9.17, 15) is 5.11 Å². The molecule has 0 aliphatic heterocycles. The second-order valence-corrected chi connectivity index (χ2v) is 4.05. The van der Waals surface area contributed by atoms with Gasteiger partial charge in [0.2, 0.25) is 5.88 Å². The highest BCUT2D eigenvalue weighted by atomic mass is 16.5. The van der Waals surface area contributed by atoms with Crippen LogP contribution >= 0.6 is 0 Å². The Balaban J connectivity index is 2.97. The number of nitrogens with zero attached hydrogens (tertiary/aromatic N) is 2. The van der Waals surface area contributed by atoms with Crippen LogP contribution < -0.4 is 10.1 Å². The van der Waals surface area contributed by atoms with E-state index in [1.165, 1.54) is 6.33 Å².